The number of ether oxygens (including phenoxy) is 1. The Balaban J connectivity index is 1.92. The van der Waals surface area contributed by atoms with Gasteiger partial charge in [0.15, 0.2) is 5.75 Å². The van der Waals surface area contributed by atoms with Crippen LogP contribution in [0.2, 0.25) is 0 Å². The number of nitrogens with two attached hydrogens (primary N) is 1. The molecule has 0 aromatic heterocycles. The van der Waals surface area contributed by atoms with Crippen LogP contribution in [0.4, 0.5) is 0 Å². The van der Waals surface area contributed by atoms with E-state index < -0.39 is 17.7 Å². The van der Waals surface area contributed by atoms with Crippen LogP contribution in [-0.2, 0) is 9.63 Å². The number of carboxylic acid groups (broad SMARTS) is 1. The zero-order valence-electron chi connectivity index (χ0n) is 12.6. The lowest BCUT2D eigenvalue weighted by Gasteiger charge is -2.18. The number of hydrogen-bond donors (Lipinski definition) is 4. The zero-order valence-corrected chi connectivity index (χ0v) is 21.2. The molecule has 1 heterocycles. The maximum atomic E-state index is 11.3. The molecule has 11 heteroatoms. The van der Waals surface area contributed by atoms with Crippen LogP contribution < -0.4 is 16.0 Å². The number of carbonyl (C=O) groups is 1. The maximum absolute atomic E-state index is 11.3. The number of benzene rings is 2. The summed E-state index contributed by atoms with van der Waals surface area (Å²) in [6.07, 6.45) is 0. The van der Waals surface area contributed by atoms with E-state index in [0.29, 0.717) is 24.2 Å². The lowest BCUT2D eigenvalue weighted by atomic mass is 9.99. The average molecular weight is 806 g/mol. The minimum Gasteiger partial charge on any atom is -0.506 e. The number of phenolic OH excluding ortho intramolecular Hbond substituents is 1. The zero-order chi connectivity index (χ0) is 19.2. The van der Waals surface area contributed by atoms with E-state index in [-0.39, 0.29) is 5.75 Å². The smallest absolute Gasteiger partial charge is 0.357 e. The van der Waals surface area contributed by atoms with Crippen molar-refractivity contribution in [2.75, 3.05) is 0 Å². The van der Waals surface area contributed by atoms with Gasteiger partial charge < -0.3 is 20.7 Å². The van der Waals surface area contributed by atoms with Crippen LogP contribution in [0.1, 0.15) is 11.6 Å². The van der Waals surface area contributed by atoms with Crippen LogP contribution in [0.5, 0.6) is 17.2 Å². The Kier molecular flexibility index (Phi) is 6.45. The highest BCUT2D eigenvalue weighted by atomic mass is 127. The summed E-state index contributed by atoms with van der Waals surface area (Å²) in [5.74, 6) is 0.288. The Morgan fingerprint density at radius 3 is 2.04 bits per heavy atom. The fraction of sp³-hybridized carbons (Fsp3) is 0.133. The largest absolute Gasteiger partial charge is 0.506 e. The first-order chi connectivity index (χ1) is 12.2. The van der Waals surface area contributed by atoms with E-state index in [9.17, 15) is 15.0 Å². The molecule has 2 aromatic carbocycles. The summed E-state index contributed by atoms with van der Waals surface area (Å²) in [6, 6.07) is 6.16. The van der Waals surface area contributed by atoms with Crippen molar-refractivity contribution in [3.05, 3.63) is 44.1 Å². The Labute approximate surface area is 202 Å². The van der Waals surface area contributed by atoms with Crippen LogP contribution in [0.3, 0.4) is 0 Å². The lowest BCUT2D eigenvalue weighted by Crippen LogP contribution is -2.39. The van der Waals surface area contributed by atoms with Crippen LogP contribution in [-0.4, -0.2) is 21.9 Å². The highest BCUT2D eigenvalue weighted by molar-refractivity contribution is 14.1. The SMILES string of the molecule is N[C@H](c1cc(I)c(Oc2cc(I)c(O)c(I)c2)c(I)c1)[C@@]1(C(=O)O)NO1. The van der Waals surface area contributed by atoms with Gasteiger partial charge in [0.25, 0.3) is 5.72 Å². The van der Waals surface area contributed by atoms with Gasteiger partial charge in [0, 0.05) is 0 Å². The summed E-state index contributed by atoms with van der Waals surface area (Å²) in [5, 5.41) is 19.2. The molecule has 26 heavy (non-hydrogen) atoms. The van der Waals surface area contributed by atoms with Gasteiger partial charge in [0.1, 0.15) is 11.5 Å². The van der Waals surface area contributed by atoms with Gasteiger partial charge in [0.05, 0.1) is 20.3 Å². The van der Waals surface area contributed by atoms with Gasteiger partial charge in [-0.05, 0) is 120 Å². The van der Waals surface area contributed by atoms with Gasteiger partial charge in [-0.1, -0.05) is 0 Å². The first-order valence-corrected chi connectivity index (χ1v) is 11.3. The van der Waals surface area contributed by atoms with E-state index in [4.69, 9.17) is 15.3 Å². The van der Waals surface area contributed by atoms with Crippen molar-refractivity contribution in [2.24, 2.45) is 5.73 Å². The first kappa shape index (κ1) is 21.0. The number of aromatic hydroxyl groups is 1. The van der Waals surface area contributed by atoms with Crippen molar-refractivity contribution in [3.8, 4) is 17.2 Å². The van der Waals surface area contributed by atoms with Gasteiger partial charge in [-0.3, -0.25) is 4.84 Å². The second-order valence-electron chi connectivity index (χ2n) is 5.37. The molecular formula is C15H10I4N2O5. The van der Waals surface area contributed by atoms with Crippen LogP contribution in [0.15, 0.2) is 24.3 Å². The summed E-state index contributed by atoms with van der Waals surface area (Å²) < 4.78 is 8.93. The summed E-state index contributed by atoms with van der Waals surface area (Å²) in [5.41, 5.74) is 7.49. The second-order valence-corrected chi connectivity index (χ2v) is 10.0. The molecule has 0 saturated carbocycles. The molecule has 0 bridgehead atoms. The third-order valence-corrected chi connectivity index (χ3v) is 6.91. The van der Waals surface area contributed by atoms with Crippen LogP contribution in [0, 0.1) is 14.3 Å². The van der Waals surface area contributed by atoms with E-state index in [2.05, 4.69) is 50.7 Å². The number of rotatable bonds is 5. The highest BCUT2D eigenvalue weighted by Gasteiger charge is 2.59. The minimum atomic E-state index is -1.59. The molecule has 0 spiro atoms. The molecule has 7 nitrogen and oxygen atoms in total. The van der Waals surface area contributed by atoms with E-state index in [0.717, 1.165) is 7.14 Å². The fourth-order valence-corrected chi connectivity index (χ4v) is 5.96. The number of hydroxylamine groups is 1. The molecule has 0 aliphatic carbocycles. The molecular weight excluding hydrogens is 796 g/mol. The van der Waals surface area contributed by atoms with Crippen molar-refractivity contribution >= 4 is 96.3 Å². The topological polar surface area (TPSA) is 127 Å². The van der Waals surface area contributed by atoms with Crippen molar-refractivity contribution < 1.29 is 24.6 Å². The molecule has 3 rings (SSSR count). The molecule has 1 saturated heterocycles. The standard InChI is InChI=1S/C15H10I4N2O5/c16-7-3-6(4-8(17)11(7)22)25-12-9(18)1-5(2-10(12)19)13(20)15(14(23)24)21-26-15/h1-4,13,21-22H,20H2,(H,23,24)/t13-,15-/m1/s1. The van der Waals surface area contributed by atoms with Gasteiger partial charge >= 0.3 is 5.97 Å². The Bertz CT molecular complexity index is 858. The van der Waals surface area contributed by atoms with Crippen molar-refractivity contribution in [1.29, 1.82) is 0 Å². The normalized spacial score (nSPS) is 19.9. The van der Waals surface area contributed by atoms with Gasteiger partial charge in [-0.15, -0.1) is 0 Å². The van der Waals surface area contributed by atoms with Crippen molar-refractivity contribution in [2.45, 2.75) is 11.8 Å². The molecule has 1 aliphatic rings. The van der Waals surface area contributed by atoms with E-state index in [1.807, 2.05) is 45.2 Å². The summed E-state index contributed by atoms with van der Waals surface area (Å²) in [6.45, 7) is 0. The summed E-state index contributed by atoms with van der Waals surface area (Å²) in [7, 11) is 0. The number of carboxylic acids is 1. The van der Waals surface area contributed by atoms with Crippen LogP contribution in [0.25, 0.3) is 0 Å². The molecule has 5 N–H and O–H groups in total. The predicted octanol–water partition coefficient (Wildman–Crippen LogP) is 3.92. The molecule has 1 aliphatic heterocycles. The molecule has 0 radical (unpaired) electrons. The predicted molar refractivity (Wildman–Crippen MR) is 127 cm³/mol. The molecule has 2 atom stereocenters. The Morgan fingerprint density at radius 2 is 1.62 bits per heavy atom. The van der Waals surface area contributed by atoms with Gasteiger partial charge in [-0.2, -0.15) is 5.48 Å². The summed E-state index contributed by atoms with van der Waals surface area (Å²) >= 11 is 8.31. The van der Waals surface area contributed by atoms with Crippen molar-refractivity contribution in [3.63, 3.8) is 0 Å². The highest BCUT2D eigenvalue weighted by Crippen LogP contribution is 2.40. The summed E-state index contributed by atoms with van der Waals surface area (Å²) in [4.78, 5) is 16.2. The molecule has 1 fully saturated rings. The average Bonchev–Trinajstić information content (AvgIpc) is 3.37. The second kappa shape index (κ2) is 7.97. The number of hydrogen-bond acceptors (Lipinski definition) is 6. The Morgan fingerprint density at radius 1 is 1.12 bits per heavy atom. The van der Waals surface area contributed by atoms with Crippen molar-refractivity contribution in [1.82, 2.24) is 5.48 Å². The fourth-order valence-electron chi connectivity index (χ4n) is 2.21. The monoisotopic (exact) mass is 806 g/mol. The lowest BCUT2D eigenvalue weighted by molar-refractivity contribution is -0.144. The number of phenols is 1. The minimum absolute atomic E-state index is 0.222. The van der Waals surface area contributed by atoms with E-state index >= 15 is 0 Å². The third kappa shape index (κ3) is 4.02. The first-order valence-electron chi connectivity index (χ1n) is 6.94. The Hall–Kier alpha value is 0.310. The number of aliphatic carboxylic acids is 1. The maximum Gasteiger partial charge on any atom is 0.357 e. The molecule has 0 amide bonds. The van der Waals surface area contributed by atoms with E-state index in [1.165, 1.54) is 0 Å². The number of nitrogens with one attached hydrogen (secondary N) is 1. The molecule has 138 valence electrons. The molecule has 2 aromatic rings. The third-order valence-electron chi connectivity index (χ3n) is 3.67. The van der Waals surface area contributed by atoms with Gasteiger partial charge in [-0.25, -0.2) is 4.79 Å². The number of halogens is 4. The quantitative estimate of drug-likeness (QED) is 0.267. The van der Waals surface area contributed by atoms with E-state index in [1.54, 1.807) is 24.3 Å². The van der Waals surface area contributed by atoms with Gasteiger partial charge in [0.2, 0.25) is 0 Å². The molecule has 0 unspecified atom stereocenters. The van der Waals surface area contributed by atoms with Crippen LogP contribution >= 0.6 is 90.4 Å².